The average molecular weight is 582 g/mol. The minimum absolute atomic E-state index is 0.235. The van der Waals surface area contributed by atoms with Crippen molar-refractivity contribution < 1.29 is 23.9 Å². The van der Waals surface area contributed by atoms with Crippen molar-refractivity contribution in [2.75, 3.05) is 27.7 Å². The lowest BCUT2D eigenvalue weighted by molar-refractivity contribution is -0.873. The molecule has 0 aromatic rings. The second-order valence-electron chi connectivity index (χ2n) is 13.7. The Morgan fingerprint density at radius 1 is 0.537 bits per heavy atom. The van der Waals surface area contributed by atoms with Gasteiger partial charge in [0.15, 0.2) is 6.10 Å². The van der Waals surface area contributed by atoms with Crippen molar-refractivity contribution in [1.29, 1.82) is 0 Å². The highest BCUT2D eigenvalue weighted by Gasteiger charge is 2.22. The molecule has 0 saturated heterocycles. The first-order valence-electron chi connectivity index (χ1n) is 17.9. The van der Waals surface area contributed by atoms with Crippen molar-refractivity contribution in [1.82, 2.24) is 0 Å². The Labute approximate surface area is 256 Å². The van der Waals surface area contributed by atoms with Crippen LogP contribution in [0.5, 0.6) is 0 Å². The SMILES string of the molecule is CCCCCCCCCCCCCCCCCCCCCCCCCCCCC(=O)OC(CC(=O)[O-])C[N+](C)(C)C. The second kappa shape index (κ2) is 29.0. The Balaban J connectivity index is 3.33. The molecule has 0 aliphatic heterocycles. The highest BCUT2D eigenvalue weighted by atomic mass is 16.5. The summed E-state index contributed by atoms with van der Waals surface area (Å²) >= 11 is 0. The van der Waals surface area contributed by atoms with Gasteiger partial charge in [-0.15, -0.1) is 0 Å². The predicted molar refractivity (Wildman–Crippen MR) is 173 cm³/mol. The Morgan fingerprint density at radius 3 is 1.10 bits per heavy atom. The molecular formula is C36H71NO4. The summed E-state index contributed by atoms with van der Waals surface area (Å²) in [7, 11) is 5.87. The van der Waals surface area contributed by atoms with Crippen molar-refractivity contribution in [3.05, 3.63) is 0 Å². The monoisotopic (exact) mass is 582 g/mol. The molecule has 0 radical (unpaired) electrons. The highest BCUT2D eigenvalue weighted by Crippen LogP contribution is 2.16. The van der Waals surface area contributed by atoms with Gasteiger partial charge in [0.1, 0.15) is 6.54 Å². The lowest BCUT2D eigenvalue weighted by Crippen LogP contribution is -2.45. The lowest BCUT2D eigenvalue weighted by Gasteiger charge is -2.29. The van der Waals surface area contributed by atoms with Crippen molar-refractivity contribution in [2.24, 2.45) is 0 Å². The van der Waals surface area contributed by atoms with E-state index in [1.165, 1.54) is 148 Å². The highest BCUT2D eigenvalue weighted by molar-refractivity contribution is 5.70. The Kier molecular flexibility index (Phi) is 28.2. The molecule has 0 heterocycles. The normalized spacial score (nSPS) is 12.5. The molecule has 1 atom stereocenters. The molecule has 5 nitrogen and oxygen atoms in total. The molecule has 0 fully saturated rings. The van der Waals surface area contributed by atoms with Gasteiger partial charge in [-0.25, -0.2) is 0 Å². The number of esters is 1. The van der Waals surface area contributed by atoms with Crippen molar-refractivity contribution in [3.63, 3.8) is 0 Å². The van der Waals surface area contributed by atoms with E-state index in [1.807, 2.05) is 21.1 Å². The fourth-order valence-corrected chi connectivity index (χ4v) is 5.77. The minimum Gasteiger partial charge on any atom is -0.550 e. The zero-order chi connectivity index (χ0) is 30.4. The molecule has 0 aromatic heterocycles. The number of hydrogen-bond acceptors (Lipinski definition) is 4. The smallest absolute Gasteiger partial charge is 0.306 e. The third kappa shape index (κ3) is 33.3. The minimum atomic E-state index is -1.17. The summed E-state index contributed by atoms with van der Waals surface area (Å²) in [5, 5.41) is 11.0. The largest absolute Gasteiger partial charge is 0.550 e. The third-order valence-corrected chi connectivity index (χ3v) is 8.18. The maximum absolute atomic E-state index is 12.1. The van der Waals surface area contributed by atoms with E-state index in [1.54, 1.807) is 0 Å². The van der Waals surface area contributed by atoms with Crippen LogP contribution in [-0.4, -0.2) is 50.2 Å². The summed E-state index contributed by atoms with van der Waals surface area (Å²) in [6, 6.07) is 0. The number of carboxylic acids is 1. The number of hydrogen-bond donors (Lipinski definition) is 0. The van der Waals surface area contributed by atoms with Gasteiger partial charge in [0, 0.05) is 18.8 Å². The van der Waals surface area contributed by atoms with Crippen LogP contribution in [0.2, 0.25) is 0 Å². The van der Waals surface area contributed by atoms with Crippen LogP contribution in [0.25, 0.3) is 0 Å². The Morgan fingerprint density at radius 2 is 0.829 bits per heavy atom. The first-order chi connectivity index (χ1) is 19.7. The number of aliphatic carboxylic acids is 1. The molecule has 0 bridgehead atoms. The number of quaternary nitrogens is 1. The van der Waals surface area contributed by atoms with Crippen LogP contribution in [0.15, 0.2) is 0 Å². The topological polar surface area (TPSA) is 66.4 Å². The van der Waals surface area contributed by atoms with Gasteiger partial charge < -0.3 is 19.1 Å². The van der Waals surface area contributed by atoms with E-state index in [4.69, 9.17) is 4.74 Å². The average Bonchev–Trinajstić information content (AvgIpc) is 2.89. The van der Waals surface area contributed by atoms with E-state index < -0.39 is 12.1 Å². The number of unbranched alkanes of at least 4 members (excludes halogenated alkanes) is 25. The lowest BCUT2D eigenvalue weighted by atomic mass is 10.0. The van der Waals surface area contributed by atoms with E-state index in [9.17, 15) is 14.7 Å². The Hall–Kier alpha value is -1.10. The van der Waals surface area contributed by atoms with Crippen LogP contribution in [0.3, 0.4) is 0 Å². The summed E-state index contributed by atoms with van der Waals surface area (Å²) in [5.74, 6) is -1.45. The Bertz CT molecular complexity index is 587. The number of nitrogens with zero attached hydrogens (tertiary/aromatic N) is 1. The maximum atomic E-state index is 12.1. The second-order valence-corrected chi connectivity index (χ2v) is 13.7. The number of rotatable bonds is 32. The summed E-state index contributed by atoms with van der Waals surface area (Å²) in [6.45, 7) is 2.76. The summed E-state index contributed by atoms with van der Waals surface area (Å²) < 4.78 is 5.97. The van der Waals surface area contributed by atoms with Crippen LogP contribution in [0.4, 0.5) is 0 Å². The molecule has 0 spiro atoms. The van der Waals surface area contributed by atoms with Gasteiger partial charge in [-0.3, -0.25) is 4.79 Å². The molecule has 0 aliphatic rings. The van der Waals surface area contributed by atoms with Gasteiger partial charge in [-0.2, -0.15) is 0 Å². The van der Waals surface area contributed by atoms with Crippen molar-refractivity contribution >= 4 is 11.9 Å². The van der Waals surface area contributed by atoms with Gasteiger partial charge in [0.2, 0.25) is 0 Å². The molecule has 0 amide bonds. The van der Waals surface area contributed by atoms with E-state index >= 15 is 0 Å². The molecular weight excluding hydrogens is 510 g/mol. The first-order valence-corrected chi connectivity index (χ1v) is 17.9. The van der Waals surface area contributed by atoms with E-state index in [2.05, 4.69) is 6.92 Å². The van der Waals surface area contributed by atoms with Crippen LogP contribution in [0.1, 0.15) is 187 Å². The molecule has 0 N–H and O–H groups in total. The number of carbonyl (C=O) groups is 2. The standard InChI is InChI=1S/C36H71NO4/c1-5-6-7-8-9-10-11-12-13-14-15-16-17-18-19-20-21-22-23-24-25-26-27-28-29-30-31-36(40)41-34(32-35(38)39)33-37(2,3)4/h34H,5-33H2,1-4H3. The van der Waals surface area contributed by atoms with Crippen LogP contribution in [0, 0.1) is 0 Å². The summed E-state index contributed by atoms with van der Waals surface area (Å²) in [4.78, 5) is 23.1. The molecule has 0 aromatic carbocycles. The fraction of sp³-hybridized carbons (Fsp3) is 0.944. The van der Waals surface area contributed by atoms with Crippen LogP contribution < -0.4 is 5.11 Å². The van der Waals surface area contributed by atoms with Gasteiger partial charge in [0.05, 0.1) is 21.1 Å². The molecule has 0 saturated carbocycles. The van der Waals surface area contributed by atoms with Crippen LogP contribution >= 0.6 is 0 Å². The van der Waals surface area contributed by atoms with Gasteiger partial charge >= 0.3 is 5.97 Å². The van der Waals surface area contributed by atoms with Crippen molar-refractivity contribution in [3.8, 4) is 0 Å². The molecule has 1 unspecified atom stereocenters. The molecule has 41 heavy (non-hydrogen) atoms. The number of carboxylic acid groups (broad SMARTS) is 1. The zero-order valence-electron chi connectivity index (χ0n) is 28.2. The van der Waals surface area contributed by atoms with Gasteiger partial charge in [-0.1, -0.05) is 167 Å². The van der Waals surface area contributed by atoms with Crippen molar-refractivity contribution in [2.45, 2.75) is 193 Å². The fourth-order valence-electron chi connectivity index (χ4n) is 5.77. The van der Waals surface area contributed by atoms with E-state index in [0.29, 0.717) is 17.4 Å². The van der Waals surface area contributed by atoms with Crippen LogP contribution in [-0.2, 0) is 14.3 Å². The van der Waals surface area contributed by atoms with E-state index in [0.717, 1.165) is 19.3 Å². The predicted octanol–water partition coefficient (Wildman–Crippen LogP) is 9.30. The molecule has 0 rings (SSSR count). The summed E-state index contributed by atoms with van der Waals surface area (Å²) in [6.07, 6.45) is 35.0. The quantitative estimate of drug-likeness (QED) is 0.0451. The zero-order valence-corrected chi connectivity index (χ0v) is 28.2. The number of ether oxygens (including phenoxy) is 1. The van der Waals surface area contributed by atoms with Gasteiger partial charge in [-0.05, 0) is 6.42 Å². The summed E-state index contributed by atoms with van der Waals surface area (Å²) in [5.41, 5.74) is 0. The van der Waals surface area contributed by atoms with E-state index in [-0.39, 0.29) is 12.4 Å². The molecule has 5 heteroatoms. The maximum Gasteiger partial charge on any atom is 0.306 e. The van der Waals surface area contributed by atoms with Gasteiger partial charge in [0.25, 0.3) is 0 Å². The third-order valence-electron chi connectivity index (χ3n) is 8.18. The number of carbonyl (C=O) groups excluding carboxylic acids is 2. The molecule has 0 aliphatic carbocycles. The first kappa shape index (κ1) is 39.9. The number of likely N-dealkylation sites (N-methyl/N-ethyl adjacent to an activating group) is 1. The molecule has 244 valence electrons.